The lowest BCUT2D eigenvalue weighted by molar-refractivity contribution is -0.139. The van der Waals surface area contributed by atoms with Gasteiger partial charge in [-0.05, 0) is 30.9 Å². The summed E-state index contributed by atoms with van der Waals surface area (Å²) in [5.41, 5.74) is 1.21. The summed E-state index contributed by atoms with van der Waals surface area (Å²) in [6.45, 7) is 2.11. The number of aryl methyl sites for hydroxylation is 1. The molecule has 7 nitrogen and oxygen atoms in total. The molecule has 0 bridgehead atoms. The number of carboxylic acid groups (broad SMARTS) is 1. The van der Waals surface area contributed by atoms with E-state index in [9.17, 15) is 18.0 Å². The van der Waals surface area contributed by atoms with Gasteiger partial charge < -0.3 is 10.4 Å². The second-order valence-electron chi connectivity index (χ2n) is 5.91. The fourth-order valence-corrected chi connectivity index (χ4v) is 3.00. The van der Waals surface area contributed by atoms with E-state index in [0.717, 1.165) is 31.2 Å². The van der Waals surface area contributed by atoms with E-state index in [2.05, 4.69) is 12.2 Å². The number of carbonyl (C=O) groups excluding carboxylic acids is 1. The Kier molecular flexibility index (Phi) is 8.57. The molecule has 0 saturated heterocycles. The minimum atomic E-state index is -4.29. The lowest BCUT2D eigenvalue weighted by Gasteiger charge is -2.15. The third-order valence-electron chi connectivity index (χ3n) is 3.83. The molecule has 0 aromatic heterocycles. The van der Waals surface area contributed by atoms with Gasteiger partial charge in [0.1, 0.15) is 6.04 Å². The molecule has 0 heterocycles. The van der Waals surface area contributed by atoms with Gasteiger partial charge in [-0.3, -0.25) is 9.35 Å². The van der Waals surface area contributed by atoms with Crippen LogP contribution in [0.1, 0.15) is 54.9 Å². The molecule has 1 aromatic rings. The van der Waals surface area contributed by atoms with E-state index in [4.69, 9.17) is 9.66 Å². The highest BCUT2D eigenvalue weighted by Gasteiger charge is 2.23. The summed E-state index contributed by atoms with van der Waals surface area (Å²) in [7, 11) is -4.29. The summed E-state index contributed by atoms with van der Waals surface area (Å²) in [6, 6.07) is 5.57. The molecule has 1 amide bonds. The number of amides is 1. The average molecular weight is 371 g/mol. The normalized spacial score (nSPS) is 12.6. The van der Waals surface area contributed by atoms with Gasteiger partial charge in [-0.15, -0.1) is 0 Å². The minimum Gasteiger partial charge on any atom is -0.480 e. The Labute approximate surface area is 148 Å². The highest BCUT2D eigenvalue weighted by Crippen LogP contribution is 2.14. The van der Waals surface area contributed by atoms with Crippen molar-refractivity contribution < 1.29 is 27.7 Å². The number of carboxylic acids is 1. The molecule has 3 N–H and O–H groups in total. The molecule has 140 valence electrons. The molecular weight excluding hydrogens is 346 g/mol. The van der Waals surface area contributed by atoms with Crippen molar-refractivity contribution in [1.82, 2.24) is 5.32 Å². The lowest BCUT2D eigenvalue weighted by atomic mass is 10.00. The largest absolute Gasteiger partial charge is 0.480 e. The number of hydrogen-bond acceptors (Lipinski definition) is 4. The Morgan fingerprint density at radius 1 is 1.16 bits per heavy atom. The maximum Gasteiger partial charge on any atom is 0.326 e. The monoisotopic (exact) mass is 371 g/mol. The van der Waals surface area contributed by atoms with Crippen molar-refractivity contribution in [3.05, 3.63) is 35.4 Å². The van der Waals surface area contributed by atoms with Gasteiger partial charge in [-0.2, -0.15) is 8.42 Å². The van der Waals surface area contributed by atoms with Crippen LogP contribution in [0.25, 0.3) is 0 Å². The zero-order chi connectivity index (χ0) is 18.9. The molecule has 0 aliphatic rings. The first-order chi connectivity index (χ1) is 11.7. The molecule has 0 spiro atoms. The van der Waals surface area contributed by atoms with Gasteiger partial charge in [0.2, 0.25) is 0 Å². The maximum absolute atomic E-state index is 12.4. The first kappa shape index (κ1) is 21.1. The Hall–Kier alpha value is -1.93. The Balaban J connectivity index is 2.78. The second-order valence-corrected chi connectivity index (χ2v) is 7.48. The molecule has 0 fully saturated rings. The summed E-state index contributed by atoms with van der Waals surface area (Å²) < 4.78 is 30.3. The smallest absolute Gasteiger partial charge is 0.326 e. The van der Waals surface area contributed by atoms with Gasteiger partial charge in [-0.25, -0.2) is 4.79 Å². The van der Waals surface area contributed by atoms with Gasteiger partial charge in [0.25, 0.3) is 16.0 Å². The Morgan fingerprint density at radius 3 is 2.44 bits per heavy atom. The van der Waals surface area contributed by atoms with Crippen LogP contribution in [0.15, 0.2) is 24.3 Å². The van der Waals surface area contributed by atoms with Crippen LogP contribution in [0, 0.1) is 0 Å². The molecule has 25 heavy (non-hydrogen) atoms. The first-order valence-corrected chi connectivity index (χ1v) is 9.92. The molecule has 0 saturated carbocycles. The quantitative estimate of drug-likeness (QED) is 0.405. The minimum absolute atomic E-state index is 0.386. The van der Waals surface area contributed by atoms with Crippen molar-refractivity contribution in [2.45, 2.75) is 51.5 Å². The molecule has 8 heteroatoms. The van der Waals surface area contributed by atoms with Gasteiger partial charge in [-0.1, -0.05) is 44.4 Å². The molecule has 0 aliphatic heterocycles. The maximum atomic E-state index is 12.4. The van der Waals surface area contributed by atoms with Crippen LogP contribution in [0.3, 0.4) is 0 Å². The molecule has 0 radical (unpaired) electrons. The van der Waals surface area contributed by atoms with Crippen molar-refractivity contribution in [3.63, 3.8) is 0 Å². The van der Waals surface area contributed by atoms with E-state index < -0.39 is 40.2 Å². The Morgan fingerprint density at radius 2 is 1.84 bits per heavy atom. The zero-order valence-electron chi connectivity index (χ0n) is 14.3. The number of carbonyl (C=O) groups is 2. The fourth-order valence-electron chi connectivity index (χ4n) is 2.46. The van der Waals surface area contributed by atoms with Gasteiger partial charge >= 0.3 is 5.97 Å². The molecule has 0 aliphatic carbocycles. The van der Waals surface area contributed by atoms with Crippen molar-refractivity contribution in [3.8, 4) is 0 Å². The number of nitrogens with one attached hydrogen (secondary N) is 1. The van der Waals surface area contributed by atoms with Crippen LogP contribution in [0.4, 0.5) is 0 Å². The summed E-state index contributed by atoms with van der Waals surface area (Å²) in [6.07, 6.45) is 4.52. The van der Waals surface area contributed by atoms with Crippen molar-refractivity contribution in [1.29, 1.82) is 0 Å². The van der Waals surface area contributed by atoms with Crippen LogP contribution >= 0.6 is 0 Å². The van der Waals surface area contributed by atoms with E-state index in [1.165, 1.54) is 0 Å². The standard InChI is InChI=1S/C17H25NO6S/c1-2-3-4-5-8-13-9-6-7-10-14(13)16(19)18-15(17(20)21)11-12-25(22,23)24/h6-7,9-10,15H,2-5,8,11-12H2,1H3,(H,18,19)(H,20,21)(H,22,23,24)/t15-/m0/s1. The van der Waals surface area contributed by atoms with Crippen LogP contribution in [-0.4, -0.2) is 41.7 Å². The number of aliphatic carboxylic acids is 1. The number of rotatable bonds is 11. The van der Waals surface area contributed by atoms with E-state index in [1.54, 1.807) is 12.1 Å². The van der Waals surface area contributed by atoms with Crippen LogP contribution in [0.5, 0.6) is 0 Å². The fraction of sp³-hybridized carbons (Fsp3) is 0.529. The molecule has 1 atom stereocenters. The number of unbranched alkanes of at least 4 members (excludes halogenated alkanes) is 3. The molecule has 1 rings (SSSR count). The lowest BCUT2D eigenvalue weighted by Crippen LogP contribution is -2.42. The highest BCUT2D eigenvalue weighted by atomic mass is 32.2. The van der Waals surface area contributed by atoms with Gasteiger partial charge in [0.05, 0.1) is 5.75 Å². The summed E-state index contributed by atoms with van der Waals surface area (Å²) >= 11 is 0. The topological polar surface area (TPSA) is 121 Å². The third kappa shape index (κ3) is 8.13. The number of hydrogen-bond donors (Lipinski definition) is 3. The van der Waals surface area contributed by atoms with Crippen LogP contribution in [0.2, 0.25) is 0 Å². The highest BCUT2D eigenvalue weighted by molar-refractivity contribution is 7.85. The van der Waals surface area contributed by atoms with E-state index >= 15 is 0 Å². The van der Waals surface area contributed by atoms with Crippen LogP contribution < -0.4 is 5.32 Å². The predicted octanol–water partition coefficient (Wildman–Crippen LogP) is 2.27. The van der Waals surface area contributed by atoms with E-state index in [-0.39, 0.29) is 0 Å². The average Bonchev–Trinajstić information content (AvgIpc) is 2.54. The van der Waals surface area contributed by atoms with Crippen molar-refractivity contribution in [2.24, 2.45) is 0 Å². The predicted molar refractivity (Wildman–Crippen MR) is 94.2 cm³/mol. The van der Waals surface area contributed by atoms with Gasteiger partial charge in [0.15, 0.2) is 0 Å². The first-order valence-electron chi connectivity index (χ1n) is 8.31. The van der Waals surface area contributed by atoms with Crippen LogP contribution in [-0.2, 0) is 21.3 Å². The summed E-state index contributed by atoms with van der Waals surface area (Å²) in [5, 5.41) is 11.5. The Bertz CT molecular complexity index is 686. The molecular formula is C17H25NO6S. The number of benzene rings is 1. The summed E-state index contributed by atoms with van der Waals surface area (Å²) in [5.74, 6) is -2.64. The SMILES string of the molecule is CCCCCCc1ccccc1C(=O)N[C@@H](CCS(=O)(=O)O)C(=O)O. The summed E-state index contributed by atoms with van der Waals surface area (Å²) in [4.78, 5) is 23.6. The molecule has 1 aromatic carbocycles. The van der Waals surface area contributed by atoms with Crippen molar-refractivity contribution in [2.75, 3.05) is 5.75 Å². The van der Waals surface area contributed by atoms with Crippen molar-refractivity contribution >= 4 is 22.0 Å². The third-order valence-corrected chi connectivity index (χ3v) is 4.58. The van der Waals surface area contributed by atoms with Gasteiger partial charge in [0, 0.05) is 5.56 Å². The zero-order valence-corrected chi connectivity index (χ0v) is 15.1. The van der Waals surface area contributed by atoms with E-state index in [0.29, 0.717) is 12.0 Å². The second kappa shape index (κ2) is 10.1. The van der Waals surface area contributed by atoms with E-state index in [1.807, 2.05) is 12.1 Å². The molecule has 0 unspecified atom stereocenters.